The third kappa shape index (κ3) is 5.01. The third-order valence-corrected chi connectivity index (χ3v) is 2.06. The lowest BCUT2D eigenvalue weighted by atomic mass is 10.1. The molecule has 0 atom stereocenters. The summed E-state index contributed by atoms with van der Waals surface area (Å²) in [6.45, 7) is 3.93. The monoisotopic (exact) mass is 236 g/mol. The van der Waals surface area contributed by atoms with Crippen molar-refractivity contribution in [1.29, 1.82) is 0 Å². The van der Waals surface area contributed by atoms with Crippen molar-refractivity contribution in [1.82, 2.24) is 10.9 Å². The first-order valence-corrected chi connectivity index (χ1v) is 5.39. The highest BCUT2D eigenvalue weighted by atomic mass is 16.5. The predicted molar refractivity (Wildman–Crippen MR) is 63.2 cm³/mol. The molecule has 5 nitrogen and oxygen atoms in total. The molecule has 1 aromatic rings. The quantitative estimate of drug-likeness (QED) is 0.778. The van der Waals surface area contributed by atoms with Crippen molar-refractivity contribution in [3.05, 3.63) is 35.4 Å². The van der Waals surface area contributed by atoms with Gasteiger partial charge < -0.3 is 4.74 Å². The molecule has 1 rings (SSSR count). The summed E-state index contributed by atoms with van der Waals surface area (Å²) in [5.41, 5.74) is 6.45. The van der Waals surface area contributed by atoms with Gasteiger partial charge in [-0.2, -0.15) is 0 Å². The highest BCUT2D eigenvalue weighted by molar-refractivity contribution is 5.80. The van der Waals surface area contributed by atoms with Gasteiger partial charge in [0.1, 0.15) is 0 Å². The Balaban J connectivity index is 2.34. The SMILES string of the molecule is CCOC(=O)NNC(=O)Cc1ccc(C)cc1. The summed E-state index contributed by atoms with van der Waals surface area (Å²) in [6.07, 6.45) is -0.447. The molecular formula is C12H16N2O3. The van der Waals surface area contributed by atoms with E-state index in [4.69, 9.17) is 0 Å². The Kier molecular flexibility index (Phi) is 5.00. The van der Waals surface area contributed by atoms with Crippen molar-refractivity contribution in [2.75, 3.05) is 6.61 Å². The summed E-state index contributed by atoms with van der Waals surface area (Å²) in [5.74, 6) is -0.290. The number of rotatable bonds is 3. The molecule has 92 valence electrons. The molecule has 0 radical (unpaired) electrons. The number of benzene rings is 1. The van der Waals surface area contributed by atoms with Crippen LogP contribution in [0.15, 0.2) is 24.3 Å². The van der Waals surface area contributed by atoms with Crippen LogP contribution in [0.3, 0.4) is 0 Å². The Bertz CT molecular complexity index is 387. The molecule has 0 saturated heterocycles. The van der Waals surface area contributed by atoms with E-state index < -0.39 is 6.09 Å². The molecule has 0 aliphatic rings. The molecule has 0 saturated carbocycles. The van der Waals surface area contributed by atoms with E-state index in [-0.39, 0.29) is 18.9 Å². The molecular weight excluding hydrogens is 220 g/mol. The number of amides is 2. The topological polar surface area (TPSA) is 67.4 Å². The molecule has 0 fully saturated rings. The average Bonchev–Trinajstić information content (AvgIpc) is 2.30. The Morgan fingerprint density at radius 2 is 1.82 bits per heavy atom. The second-order valence-electron chi connectivity index (χ2n) is 3.56. The van der Waals surface area contributed by atoms with Crippen LogP contribution < -0.4 is 10.9 Å². The van der Waals surface area contributed by atoms with Crippen LogP contribution in [0.4, 0.5) is 4.79 Å². The van der Waals surface area contributed by atoms with Crippen LogP contribution in [0.2, 0.25) is 0 Å². The summed E-state index contributed by atoms with van der Waals surface area (Å²) >= 11 is 0. The summed E-state index contributed by atoms with van der Waals surface area (Å²) in [5, 5.41) is 0. The van der Waals surface area contributed by atoms with Gasteiger partial charge in [-0.3, -0.25) is 10.2 Å². The van der Waals surface area contributed by atoms with Crippen molar-refractivity contribution < 1.29 is 14.3 Å². The molecule has 0 aliphatic heterocycles. The number of hydrogen-bond acceptors (Lipinski definition) is 3. The average molecular weight is 236 g/mol. The predicted octanol–water partition coefficient (Wildman–Crippen LogP) is 1.31. The molecule has 0 heterocycles. The van der Waals surface area contributed by atoms with Crippen LogP contribution in [0.1, 0.15) is 18.1 Å². The number of carbonyl (C=O) groups is 2. The highest BCUT2D eigenvalue weighted by Gasteiger charge is 2.05. The minimum absolute atomic E-state index is 0.215. The minimum Gasteiger partial charge on any atom is -0.449 e. The molecule has 1 aromatic carbocycles. The van der Waals surface area contributed by atoms with Gasteiger partial charge in [-0.25, -0.2) is 10.2 Å². The molecule has 0 unspecified atom stereocenters. The van der Waals surface area contributed by atoms with Gasteiger partial charge in [0, 0.05) is 0 Å². The fourth-order valence-electron chi connectivity index (χ4n) is 1.22. The van der Waals surface area contributed by atoms with Crippen LogP contribution in [0, 0.1) is 6.92 Å². The maximum Gasteiger partial charge on any atom is 0.426 e. The Labute approximate surface area is 100 Å². The maximum absolute atomic E-state index is 11.4. The van der Waals surface area contributed by atoms with Crippen molar-refractivity contribution >= 4 is 12.0 Å². The number of aryl methyl sites for hydroxylation is 1. The first-order chi connectivity index (χ1) is 8.11. The Morgan fingerprint density at radius 3 is 2.41 bits per heavy atom. The van der Waals surface area contributed by atoms with Gasteiger partial charge in [0.2, 0.25) is 5.91 Å². The van der Waals surface area contributed by atoms with Crippen LogP contribution in [-0.2, 0) is 16.0 Å². The van der Waals surface area contributed by atoms with E-state index in [1.807, 2.05) is 31.2 Å². The first-order valence-electron chi connectivity index (χ1n) is 5.39. The van der Waals surface area contributed by atoms with Gasteiger partial charge in [-0.1, -0.05) is 29.8 Å². The molecule has 2 amide bonds. The molecule has 0 aromatic heterocycles. The Morgan fingerprint density at radius 1 is 1.18 bits per heavy atom. The van der Waals surface area contributed by atoms with E-state index in [2.05, 4.69) is 15.6 Å². The molecule has 0 spiro atoms. The second-order valence-corrected chi connectivity index (χ2v) is 3.56. The van der Waals surface area contributed by atoms with E-state index in [9.17, 15) is 9.59 Å². The van der Waals surface area contributed by atoms with Gasteiger partial charge in [0.05, 0.1) is 13.0 Å². The largest absolute Gasteiger partial charge is 0.449 e. The number of hydrogen-bond donors (Lipinski definition) is 2. The fraction of sp³-hybridized carbons (Fsp3) is 0.333. The lowest BCUT2D eigenvalue weighted by Crippen LogP contribution is -2.42. The number of carbonyl (C=O) groups excluding carboxylic acids is 2. The van der Waals surface area contributed by atoms with Crippen molar-refractivity contribution in [3.63, 3.8) is 0 Å². The van der Waals surface area contributed by atoms with Gasteiger partial charge >= 0.3 is 6.09 Å². The number of nitrogens with one attached hydrogen (secondary N) is 2. The summed E-state index contributed by atoms with van der Waals surface area (Å²) in [6, 6.07) is 7.61. The van der Waals surface area contributed by atoms with Gasteiger partial charge in [0.25, 0.3) is 0 Å². The summed E-state index contributed by atoms with van der Waals surface area (Å²) in [4.78, 5) is 22.3. The standard InChI is InChI=1S/C12H16N2O3/c1-3-17-12(16)14-13-11(15)8-10-6-4-9(2)5-7-10/h4-7H,3,8H2,1-2H3,(H,13,15)(H,14,16). The molecule has 2 N–H and O–H groups in total. The van der Waals surface area contributed by atoms with E-state index in [0.29, 0.717) is 0 Å². The van der Waals surface area contributed by atoms with Crippen LogP contribution >= 0.6 is 0 Å². The zero-order valence-electron chi connectivity index (χ0n) is 9.95. The zero-order valence-corrected chi connectivity index (χ0v) is 9.95. The van der Waals surface area contributed by atoms with Gasteiger partial charge in [-0.15, -0.1) is 0 Å². The minimum atomic E-state index is -0.662. The molecule has 0 bridgehead atoms. The van der Waals surface area contributed by atoms with E-state index >= 15 is 0 Å². The lowest BCUT2D eigenvalue weighted by Gasteiger charge is -2.07. The number of hydrazine groups is 1. The second kappa shape index (κ2) is 6.52. The van der Waals surface area contributed by atoms with Crippen LogP contribution in [-0.4, -0.2) is 18.6 Å². The summed E-state index contributed by atoms with van der Waals surface area (Å²) < 4.78 is 4.59. The fourth-order valence-corrected chi connectivity index (χ4v) is 1.22. The molecule has 5 heteroatoms. The van der Waals surface area contributed by atoms with Crippen molar-refractivity contribution in [2.24, 2.45) is 0 Å². The highest BCUT2D eigenvalue weighted by Crippen LogP contribution is 2.03. The first kappa shape index (κ1) is 13.0. The Hall–Kier alpha value is -2.04. The van der Waals surface area contributed by atoms with E-state index in [1.165, 1.54) is 0 Å². The lowest BCUT2D eigenvalue weighted by molar-refractivity contribution is -0.121. The zero-order chi connectivity index (χ0) is 12.7. The van der Waals surface area contributed by atoms with Gasteiger partial charge in [-0.05, 0) is 19.4 Å². The van der Waals surface area contributed by atoms with Crippen molar-refractivity contribution in [2.45, 2.75) is 20.3 Å². The van der Waals surface area contributed by atoms with Crippen molar-refractivity contribution in [3.8, 4) is 0 Å². The van der Waals surface area contributed by atoms with E-state index in [1.54, 1.807) is 6.92 Å². The van der Waals surface area contributed by atoms with E-state index in [0.717, 1.165) is 11.1 Å². The third-order valence-electron chi connectivity index (χ3n) is 2.06. The normalized spacial score (nSPS) is 9.53. The number of ether oxygens (including phenoxy) is 1. The van der Waals surface area contributed by atoms with Gasteiger partial charge in [0.15, 0.2) is 0 Å². The smallest absolute Gasteiger partial charge is 0.426 e. The van der Waals surface area contributed by atoms with Crippen LogP contribution in [0.25, 0.3) is 0 Å². The summed E-state index contributed by atoms with van der Waals surface area (Å²) in [7, 11) is 0. The molecule has 0 aliphatic carbocycles. The molecule has 17 heavy (non-hydrogen) atoms. The maximum atomic E-state index is 11.4. The van der Waals surface area contributed by atoms with Crippen LogP contribution in [0.5, 0.6) is 0 Å².